The quantitative estimate of drug-likeness (QED) is 0.0595. The standard InChI is InChI=1S/C31H64NO7P/c1-4-5-6-7-8-9-10-11-12-13-14-16-19-22-25-37-27-28-38-26-23-20-17-15-18-21-24-31(32-30(2)33)29-39-40(34,35)36-3/h31H,4-29H2,1-3H3,(H,32,33)(H,34,35)/t31-/m1/s1. The van der Waals surface area contributed by atoms with Crippen LogP contribution in [0.2, 0.25) is 0 Å². The highest BCUT2D eigenvalue weighted by Crippen LogP contribution is 2.42. The molecule has 240 valence electrons. The minimum absolute atomic E-state index is 0.0400. The Balaban J connectivity index is 3.33. The van der Waals surface area contributed by atoms with Crippen LogP contribution in [0.1, 0.15) is 149 Å². The Morgan fingerprint density at radius 2 is 1.07 bits per heavy atom. The average Bonchev–Trinajstić information content (AvgIpc) is 2.93. The summed E-state index contributed by atoms with van der Waals surface area (Å²) in [5, 5.41) is 2.77. The number of ether oxygens (including phenoxy) is 2. The highest BCUT2D eigenvalue weighted by atomic mass is 31.2. The topological polar surface area (TPSA) is 103 Å². The van der Waals surface area contributed by atoms with Gasteiger partial charge in [0.15, 0.2) is 0 Å². The van der Waals surface area contributed by atoms with Gasteiger partial charge in [0, 0.05) is 27.2 Å². The predicted octanol–water partition coefficient (Wildman–Crippen LogP) is 8.50. The Morgan fingerprint density at radius 3 is 1.48 bits per heavy atom. The summed E-state index contributed by atoms with van der Waals surface area (Å²) in [7, 11) is -2.91. The van der Waals surface area contributed by atoms with Crippen molar-refractivity contribution >= 4 is 13.7 Å². The Hall–Kier alpha value is -0.500. The van der Waals surface area contributed by atoms with Crippen LogP contribution in [0.3, 0.4) is 0 Å². The summed E-state index contributed by atoms with van der Waals surface area (Å²) in [6.07, 6.45) is 26.4. The van der Waals surface area contributed by atoms with Crippen molar-refractivity contribution in [3.63, 3.8) is 0 Å². The lowest BCUT2D eigenvalue weighted by Crippen LogP contribution is -2.36. The molecule has 8 nitrogen and oxygen atoms in total. The number of hydrogen-bond donors (Lipinski definition) is 2. The number of amides is 1. The van der Waals surface area contributed by atoms with E-state index in [2.05, 4.69) is 16.8 Å². The molecule has 0 spiro atoms. The molecule has 40 heavy (non-hydrogen) atoms. The number of carbonyl (C=O) groups excluding carboxylic acids is 1. The molecule has 0 heterocycles. The first kappa shape index (κ1) is 39.5. The van der Waals surface area contributed by atoms with Gasteiger partial charge in [-0.3, -0.25) is 13.8 Å². The molecule has 1 unspecified atom stereocenters. The fourth-order valence-corrected chi connectivity index (χ4v) is 5.22. The zero-order chi connectivity index (χ0) is 29.6. The van der Waals surface area contributed by atoms with Crippen LogP contribution in [-0.2, 0) is 27.9 Å². The minimum atomic E-state index is -4.03. The van der Waals surface area contributed by atoms with E-state index in [1.807, 2.05) is 0 Å². The lowest BCUT2D eigenvalue weighted by Gasteiger charge is -2.19. The number of hydrogen-bond acceptors (Lipinski definition) is 6. The molecule has 0 saturated carbocycles. The summed E-state index contributed by atoms with van der Waals surface area (Å²) in [5.41, 5.74) is 0. The van der Waals surface area contributed by atoms with E-state index in [1.165, 1.54) is 90.4 Å². The van der Waals surface area contributed by atoms with Crippen LogP contribution < -0.4 is 5.32 Å². The van der Waals surface area contributed by atoms with Gasteiger partial charge in [-0.25, -0.2) is 4.57 Å². The second kappa shape index (κ2) is 30.0. The van der Waals surface area contributed by atoms with Gasteiger partial charge in [0.1, 0.15) is 0 Å². The molecule has 0 aromatic carbocycles. The second-order valence-electron chi connectivity index (χ2n) is 11.1. The van der Waals surface area contributed by atoms with Gasteiger partial charge in [0.2, 0.25) is 5.91 Å². The molecule has 0 fully saturated rings. The highest BCUT2D eigenvalue weighted by molar-refractivity contribution is 7.47. The van der Waals surface area contributed by atoms with Crippen LogP contribution in [-0.4, -0.2) is 57.0 Å². The van der Waals surface area contributed by atoms with Crippen molar-refractivity contribution in [2.24, 2.45) is 0 Å². The molecule has 0 aliphatic rings. The first-order valence-electron chi connectivity index (χ1n) is 16.4. The average molecular weight is 594 g/mol. The molecular weight excluding hydrogens is 529 g/mol. The smallest absolute Gasteiger partial charge is 0.379 e. The third-order valence-electron chi connectivity index (χ3n) is 7.18. The van der Waals surface area contributed by atoms with E-state index in [1.54, 1.807) is 0 Å². The highest BCUT2D eigenvalue weighted by Gasteiger charge is 2.21. The molecule has 0 aromatic heterocycles. The van der Waals surface area contributed by atoms with Gasteiger partial charge in [0.05, 0.1) is 25.9 Å². The fraction of sp³-hybridized carbons (Fsp3) is 0.968. The fourth-order valence-electron chi connectivity index (χ4n) is 4.74. The number of rotatable bonds is 32. The first-order valence-corrected chi connectivity index (χ1v) is 17.9. The molecule has 0 rings (SSSR count). The maximum atomic E-state index is 11.4. The monoisotopic (exact) mass is 593 g/mol. The van der Waals surface area contributed by atoms with Gasteiger partial charge in [0.25, 0.3) is 0 Å². The third-order valence-corrected chi connectivity index (χ3v) is 8.12. The molecule has 0 aliphatic carbocycles. The van der Waals surface area contributed by atoms with Gasteiger partial charge < -0.3 is 19.7 Å². The van der Waals surface area contributed by atoms with Gasteiger partial charge in [-0.05, 0) is 19.3 Å². The van der Waals surface area contributed by atoms with Crippen molar-refractivity contribution in [1.82, 2.24) is 5.32 Å². The van der Waals surface area contributed by atoms with Crippen LogP contribution in [0, 0.1) is 0 Å². The van der Waals surface area contributed by atoms with Crippen LogP contribution in [0.25, 0.3) is 0 Å². The van der Waals surface area contributed by atoms with Crippen molar-refractivity contribution in [2.75, 3.05) is 40.1 Å². The van der Waals surface area contributed by atoms with Gasteiger partial charge in [-0.2, -0.15) is 0 Å². The molecule has 2 atom stereocenters. The van der Waals surface area contributed by atoms with Crippen molar-refractivity contribution < 1.29 is 32.8 Å². The number of nitrogens with one attached hydrogen (secondary N) is 1. The van der Waals surface area contributed by atoms with Crippen LogP contribution >= 0.6 is 7.82 Å². The zero-order valence-electron chi connectivity index (χ0n) is 26.3. The summed E-state index contributed by atoms with van der Waals surface area (Å²) >= 11 is 0. The Kier molecular flexibility index (Phi) is 29.6. The van der Waals surface area contributed by atoms with Crippen LogP contribution in [0.5, 0.6) is 0 Å². The minimum Gasteiger partial charge on any atom is -0.379 e. The molecule has 0 saturated heterocycles. The molecule has 2 N–H and O–H groups in total. The molecule has 0 radical (unpaired) electrons. The number of carbonyl (C=O) groups is 1. The van der Waals surface area contributed by atoms with Crippen LogP contribution in [0.4, 0.5) is 0 Å². The molecule has 1 amide bonds. The van der Waals surface area contributed by atoms with E-state index in [9.17, 15) is 14.3 Å². The maximum absolute atomic E-state index is 11.4. The summed E-state index contributed by atoms with van der Waals surface area (Å²) in [4.78, 5) is 20.7. The van der Waals surface area contributed by atoms with Crippen molar-refractivity contribution in [3.8, 4) is 0 Å². The van der Waals surface area contributed by atoms with E-state index < -0.39 is 7.82 Å². The molecule has 0 aromatic rings. The SMILES string of the molecule is CCCCCCCCCCCCCCCCOCCOCCCCCCCC[C@H](COP(=O)(O)OC)NC(C)=O. The van der Waals surface area contributed by atoms with E-state index in [0.29, 0.717) is 19.6 Å². The summed E-state index contributed by atoms with van der Waals surface area (Å²) in [5.74, 6) is -0.181. The Labute approximate surface area is 246 Å². The largest absolute Gasteiger partial charge is 0.471 e. The maximum Gasteiger partial charge on any atom is 0.471 e. The van der Waals surface area contributed by atoms with E-state index >= 15 is 0 Å². The molecular formula is C31H64NO7P. The van der Waals surface area contributed by atoms with E-state index in [-0.39, 0.29) is 18.6 Å². The summed E-state index contributed by atoms with van der Waals surface area (Å²) in [6.45, 7) is 6.66. The third kappa shape index (κ3) is 30.5. The van der Waals surface area contributed by atoms with Gasteiger partial charge in [-0.1, -0.05) is 122 Å². The second-order valence-corrected chi connectivity index (χ2v) is 12.6. The van der Waals surface area contributed by atoms with Crippen LogP contribution in [0.15, 0.2) is 0 Å². The molecule has 9 heteroatoms. The van der Waals surface area contributed by atoms with Crippen molar-refractivity contribution in [2.45, 2.75) is 155 Å². The zero-order valence-corrected chi connectivity index (χ0v) is 27.2. The predicted molar refractivity (Wildman–Crippen MR) is 165 cm³/mol. The van der Waals surface area contributed by atoms with Gasteiger partial charge in [-0.15, -0.1) is 0 Å². The molecule has 0 aliphatic heterocycles. The Morgan fingerprint density at radius 1 is 0.675 bits per heavy atom. The summed E-state index contributed by atoms with van der Waals surface area (Å²) in [6, 6.07) is -0.293. The van der Waals surface area contributed by atoms with Crippen molar-refractivity contribution in [1.29, 1.82) is 0 Å². The van der Waals surface area contributed by atoms with Crippen molar-refractivity contribution in [3.05, 3.63) is 0 Å². The number of phosphoric ester groups is 1. The Bertz CT molecular complexity index is 594. The number of phosphoric acid groups is 1. The van der Waals surface area contributed by atoms with E-state index in [4.69, 9.17) is 14.0 Å². The lowest BCUT2D eigenvalue weighted by atomic mass is 10.0. The first-order chi connectivity index (χ1) is 19.4. The lowest BCUT2D eigenvalue weighted by molar-refractivity contribution is -0.120. The summed E-state index contributed by atoms with van der Waals surface area (Å²) < 4.78 is 32.2. The van der Waals surface area contributed by atoms with Gasteiger partial charge >= 0.3 is 7.82 Å². The normalized spacial score (nSPS) is 13.8. The van der Waals surface area contributed by atoms with E-state index in [0.717, 1.165) is 65.3 Å². The molecule has 0 bridgehead atoms. The number of unbranched alkanes of at least 4 members (excludes halogenated alkanes) is 18.